The van der Waals surface area contributed by atoms with Gasteiger partial charge >= 0.3 is 11.9 Å². The molecule has 0 atom stereocenters. The Morgan fingerprint density at radius 2 is 1.84 bits per heavy atom. The Morgan fingerprint density at radius 1 is 1.16 bits per heavy atom. The van der Waals surface area contributed by atoms with E-state index < -0.39 is 17.4 Å². The van der Waals surface area contributed by atoms with Crippen molar-refractivity contribution in [1.82, 2.24) is 9.55 Å². The predicted molar refractivity (Wildman–Crippen MR) is 64.3 cm³/mol. The van der Waals surface area contributed by atoms with E-state index in [1.165, 1.54) is 29.8 Å². The summed E-state index contributed by atoms with van der Waals surface area (Å²) < 4.78 is 39.3. The van der Waals surface area contributed by atoms with Gasteiger partial charge in [0.05, 0.1) is 11.3 Å². The summed E-state index contributed by atoms with van der Waals surface area (Å²) in [5.41, 5.74) is -0.162. The Hall–Kier alpha value is -2.11. The molecule has 0 radical (unpaired) electrons. The van der Waals surface area contributed by atoms with E-state index in [0.717, 1.165) is 6.07 Å². The molecule has 2 rings (SSSR count). The van der Waals surface area contributed by atoms with Gasteiger partial charge in [-0.3, -0.25) is 4.57 Å². The van der Waals surface area contributed by atoms with Crippen LogP contribution in [0.2, 0.25) is 0 Å². The summed E-state index contributed by atoms with van der Waals surface area (Å²) in [6, 6.07) is 5.20. The van der Waals surface area contributed by atoms with E-state index in [9.17, 15) is 18.0 Å². The quantitative estimate of drug-likeness (QED) is 0.797. The zero-order valence-electron chi connectivity index (χ0n) is 10.3. The Morgan fingerprint density at radius 3 is 2.37 bits per heavy atom. The molecule has 0 amide bonds. The van der Waals surface area contributed by atoms with Crippen LogP contribution < -0.4 is 5.69 Å². The van der Waals surface area contributed by atoms with Gasteiger partial charge in [0.15, 0.2) is 0 Å². The van der Waals surface area contributed by atoms with Gasteiger partial charge in [-0.1, -0.05) is 0 Å². The van der Waals surface area contributed by atoms with Crippen molar-refractivity contribution in [2.24, 2.45) is 0 Å². The lowest BCUT2D eigenvalue weighted by atomic mass is 10.1. The van der Waals surface area contributed by atoms with Crippen LogP contribution in [0.4, 0.5) is 13.2 Å². The largest absolute Gasteiger partial charge is 0.416 e. The van der Waals surface area contributed by atoms with E-state index in [4.69, 9.17) is 0 Å². The summed E-state index contributed by atoms with van der Waals surface area (Å²) in [7, 11) is 0. The molecule has 1 aromatic heterocycles. The molecule has 1 aromatic carbocycles. The number of aromatic nitrogens is 2. The van der Waals surface area contributed by atoms with E-state index in [2.05, 4.69) is 4.98 Å². The van der Waals surface area contributed by atoms with Crippen molar-refractivity contribution >= 4 is 0 Å². The van der Waals surface area contributed by atoms with Gasteiger partial charge in [0, 0.05) is 11.9 Å². The summed E-state index contributed by atoms with van der Waals surface area (Å²) in [4.78, 5) is 15.3. The highest BCUT2D eigenvalue weighted by atomic mass is 19.4. The highest BCUT2D eigenvalue weighted by molar-refractivity contribution is 5.42. The molecule has 0 unspecified atom stereocenters. The summed E-state index contributed by atoms with van der Waals surface area (Å²) in [6.07, 6.45) is -3.03. The predicted octanol–water partition coefficient (Wildman–Crippen LogP) is 2.87. The lowest BCUT2D eigenvalue weighted by Crippen LogP contribution is -2.22. The lowest BCUT2D eigenvalue weighted by Gasteiger charge is -2.13. The first-order valence-electron chi connectivity index (χ1n) is 5.53. The van der Waals surface area contributed by atoms with Crippen LogP contribution in [0.25, 0.3) is 5.69 Å². The van der Waals surface area contributed by atoms with Crippen LogP contribution in [0.1, 0.15) is 16.8 Å². The fourth-order valence-electron chi connectivity index (χ4n) is 1.91. The summed E-state index contributed by atoms with van der Waals surface area (Å²) >= 11 is 0. The maximum absolute atomic E-state index is 12.7. The first kappa shape index (κ1) is 13.3. The molecule has 0 spiro atoms. The van der Waals surface area contributed by atoms with Gasteiger partial charge in [-0.25, -0.2) is 9.78 Å². The number of aryl methyl sites for hydroxylation is 2. The second-order valence-corrected chi connectivity index (χ2v) is 4.20. The second-order valence-electron chi connectivity index (χ2n) is 4.20. The fourth-order valence-corrected chi connectivity index (χ4v) is 1.91. The summed E-state index contributed by atoms with van der Waals surface area (Å²) in [6.45, 7) is 3.05. The van der Waals surface area contributed by atoms with Crippen molar-refractivity contribution in [3.05, 3.63) is 57.8 Å². The maximum atomic E-state index is 12.7. The van der Waals surface area contributed by atoms with Crippen LogP contribution in [-0.2, 0) is 6.18 Å². The molecule has 0 aliphatic heterocycles. The Balaban J connectivity index is 2.61. The third-order valence-corrected chi connectivity index (χ3v) is 2.82. The summed E-state index contributed by atoms with van der Waals surface area (Å²) in [5.74, 6) is 0. The number of hydrogen-bond acceptors (Lipinski definition) is 2. The molecule has 0 aliphatic rings. The van der Waals surface area contributed by atoms with Crippen molar-refractivity contribution < 1.29 is 13.2 Å². The van der Waals surface area contributed by atoms with Gasteiger partial charge in [-0.2, -0.15) is 13.2 Å². The highest BCUT2D eigenvalue weighted by Crippen LogP contribution is 2.32. The Bertz CT molecular complexity index is 674. The average Bonchev–Trinajstić information content (AvgIpc) is 2.27. The number of hydrogen-bond donors (Lipinski definition) is 0. The molecule has 0 bridgehead atoms. The molecule has 100 valence electrons. The molecular weight excluding hydrogens is 257 g/mol. The minimum atomic E-state index is -4.39. The molecule has 1 heterocycles. The van der Waals surface area contributed by atoms with Crippen LogP contribution in [0.5, 0.6) is 0 Å². The molecular formula is C13H11F3N2O. The van der Waals surface area contributed by atoms with Crippen molar-refractivity contribution in [1.29, 1.82) is 0 Å². The Labute approximate surface area is 107 Å². The van der Waals surface area contributed by atoms with Crippen LogP contribution in [0, 0.1) is 13.8 Å². The van der Waals surface area contributed by atoms with Crippen LogP contribution >= 0.6 is 0 Å². The van der Waals surface area contributed by atoms with Crippen molar-refractivity contribution in [3.8, 4) is 5.69 Å². The minimum absolute atomic E-state index is 0.0696. The smallest absolute Gasteiger partial charge is 0.265 e. The number of alkyl halides is 3. The molecule has 0 fully saturated rings. The monoisotopic (exact) mass is 268 g/mol. The lowest BCUT2D eigenvalue weighted by molar-refractivity contribution is -0.138. The van der Waals surface area contributed by atoms with Crippen molar-refractivity contribution in [3.63, 3.8) is 0 Å². The summed E-state index contributed by atoms with van der Waals surface area (Å²) in [5, 5.41) is 0. The van der Waals surface area contributed by atoms with Gasteiger partial charge < -0.3 is 0 Å². The zero-order valence-corrected chi connectivity index (χ0v) is 10.3. The van der Waals surface area contributed by atoms with Gasteiger partial charge in [0.2, 0.25) is 0 Å². The molecule has 0 saturated carbocycles. The van der Waals surface area contributed by atoms with E-state index in [1.807, 2.05) is 0 Å². The third kappa shape index (κ3) is 2.52. The van der Waals surface area contributed by atoms with Crippen molar-refractivity contribution in [2.45, 2.75) is 20.0 Å². The Kier molecular flexibility index (Phi) is 3.18. The van der Waals surface area contributed by atoms with Gasteiger partial charge in [0.1, 0.15) is 0 Å². The minimum Gasteiger partial charge on any atom is -0.265 e. The molecule has 2 aromatic rings. The molecule has 3 nitrogen and oxygen atoms in total. The van der Waals surface area contributed by atoms with Gasteiger partial charge in [0.25, 0.3) is 0 Å². The van der Waals surface area contributed by atoms with Crippen LogP contribution in [0.3, 0.4) is 0 Å². The zero-order chi connectivity index (χ0) is 14.2. The van der Waals surface area contributed by atoms with Crippen LogP contribution in [0.15, 0.2) is 35.3 Å². The van der Waals surface area contributed by atoms with E-state index >= 15 is 0 Å². The van der Waals surface area contributed by atoms with E-state index in [-0.39, 0.29) is 5.56 Å². The fraction of sp³-hybridized carbons (Fsp3) is 0.231. The molecule has 0 saturated heterocycles. The maximum Gasteiger partial charge on any atom is 0.416 e. The highest BCUT2D eigenvalue weighted by Gasteiger charge is 2.32. The average molecular weight is 268 g/mol. The first-order valence-corrected chi connectivity index (χ1v) is 5.53. The number of halogens is 3. The first-order chi connectivity index (χ1) is 8.80. The van der Waals surface area contributed by atoms with Gasteiger partial charge in [-0.15, -0.1) is 0 Å². The molecule has 6 heteroatoms. The number of rotatable bonds is 1. The SMILES string of the molecule is Cc1cc(-n2c(C)ccnc2=O)ccc1C(F)(F)F. The molecule has 19 heavy (non-hydrogen) atoms. The standard InChI is InChI=1S/C13H11F3N2O/c1-8-7-10(3-4-11(8)13(14,15)16)18-9(2)5-6-17-12(18)19/h3-7H,1-2H3. The van der Waals surface area contributed by atoms with Gasteiger partial charge in [-0.05, 0) is 43.7 Å². The van der Waals surface area contributed by atoms with Crippen molar-refractivity contribution in [2.75, 3.05) is 0 Å². The van der Waals surface area contributed by atoms with E-state index in [0.29, 0.717) is 11.4 Å². The normalized spacial score (nSPS) is 11.6. The third-order valence-electron chi connectivity index (χ3n) is 2.82. The molecule has 0 aliphatic carbocycles. The number of benzene rings is 1. The van der Waals surface area contributed by atoms with E-state index in [1.54, 1.807) is 13.0 Å². The van der Waals surface area contributed by atoms with Crippen LogP contribution in [-0.4, -0.2) is 9.55 Å². The molecule has 0 N–H and O–H groups in total. The topological polar surface area (TPSA) is 34.9 Å². The second kappa shape index (κ2) is 4.53. The number of nitrogens with zero attached hydrogens (tertiary/aromatic N) is 2.